The Morgan fingerprint density at radius 2 is 2.06 bits per heavy atom. The zero-order chi connectivity index (χ0) is 13.2. The second-order valence-electron chi connectivity index (χ2n) is 4.24. The molecule has 0 radical (unpaired) electrons. The quantitative estimate of drug-likeness (QED) is 0.912. The largest absolute Gasteiger partial charge is 0.401 e. The van der Waals surface area contributed by atoms with Gasteiger partial charge in [-0.05, 0) is 13.0 Å². The number of alkyl halides is 3. The molecular formula is C12H14F3N3. The Bertz CT molecular complexity index is 519. The van der Waals surface area contributed by atoms with Crippen LogP contribution in [0.3, 0.4) is 0 Å². The van der Waals surface area contributed by atoms with E-state index in [2.05, 4.69) is 10.4 Å². The lowest BCUT2D eigenvalue weighted by molar-refractivity contribution is -0.124. The van der Waals surface area contributed by atoms with E-state index in [0.717, 1.165) is 10.9 Å². The van der Waals surface area contributed by atoms with Gasteiger partial charge in [-0.25, -0.2) is 0 Å². The lowest BCUT2D eigenvalue weighted by atomic mass is 10.2. The van der Waals surface area contributed by atoms with Crippen LogP contribution in [0, 0.1) is 0 Å². The summed E-state index contributed by atoms with van der Waals surface area (Å²) in [5, 5.41) is 7.58. The number of para-hydroxylation sites is 1. The van der Waals surface area contributed by atoms with Crippen LogP contribution in [0.2, 0.25) is 0 Å². The molecular weight excluding hydrogens is 243 g/mol. The molecule has 2 rings (SSSR count). The number of nitrogens with zero attached hydrogens (tertiary/aromatic N) is 2. The topological polar surface area (TPSA) is 29.9 Å². The molecule has 6 heteroatoms. The molecule has 0 fully saturated rings. The van der Waals surface area contributed by atoms with Crippen LogP contribution in [-0.2, 0) is 0 Å². The summed E-state index contributed by atoms with van der Waals surface area (Å²) in [5.74, 6) is 0. The van der Waals surface area contributed by atoms with Crippen LogP contribution in [0.15, 0.2) is 30.5 Å². The minimum Gasteiger partial charge on any atom is -0.307 e. The molecule has 1 N–H and O–H groups in total. The van der Waals surface area contributed by atoms with Crippen molar-refractivity contribution in [2.24, 2.45) is 0 Å². The van der Waals surface area contributed by atoms with E-state index in [1.54, 1.807) is 10.9 Å². The molecule has 2 aromatic rings. The van der Waals surface area contributed by atoms with Gasteiger partial charge in [0.25, 0.3) is 0 Å². The minimum atomic E-state index is -4.17. The minimum absolute atomic E-state index is 0.132. The van der Waals surface area contributed by atoms with Crippen LogP contribution in [0.4, 0.5) is 13.2 Å². The smallest absolute Gasteiger partial charge is 0.307 e. The fourth-order valence-corrected chi connectivity index (χ4v) is 1.85. The summed E-state index contributed by atoms with van der Waals surface area (Å²) in [7, 11) is 0. The maximum Gasteiger partial charge on any atom is 0.401 e. The summed E-state index contributed by atoms with van der Waals surface area (Å²) in [6, 6.07) is 7.49. The fourth-order valence-electron chi connectivity index (χ4n) is 1.85. The van der Waals surface area contributed by atoms with Gasteiger partial charge < -0.3 is 5.32 Å². The highest BCUT2D eigenvalue weighted by Gasteiger charge is 2.26. The van der Waals surface area contributed by atoms with Crippen LogP contribution < -0.4 is 5.32 Å². The summed E-state index contributed by atoms with van der Waals surface area (Å²) in [6.07, 6.45) is -2.46. The Kier molecular flexibility index (Phi) is 3.56. The molecule has 1 aromatic heterocycles. The number of hydrogen-bond acceptors (Lipinski definition) is 2. The second kappa shape index (κ2) is 4.97. The molecule has 0 saturated heterocycles. The number of nitrogens with one attached hydrogen (secondary N) is 1. The molecule has 0 aliphatic rings. The lowest BCUT2D eigenvalue weighted by Crippen LogP contribution is -2.32. The highest BCUT2D eigenvalue weighted by molar-refractivity contribution is 5.78. The summed E-state index contributed by atoms with van der Waals surface area (Å²) < 4.78 is 37.8. The molecule has 1 aromatic carbocycles. The van der Waals surface area contributed by atoms with Crippen molar-refractivity contribution in [3.05, 3.63) is 30.5 Å². The third-order valence-electron chi connectivity index (χ3n) is 2.69. The predicted octanol–water partition coefficient (Wildman–Crippen LogP) is 2.75. The van der Waals surface area contributed by atoms with Crippen LogP contribution in [0.25, 0.3) is 10.9 Å². The molecule has 1 atom stereocenters. The SMILES string of the molecule is CC(CNCC(F)(F)F)n1ncc2ccccc21. The molecule has 1 unspecified atom stereocenters. The van der Waals surface area contributed by atoms with Gasteiger partial charge in [0.15, 0.2) is 0 Å². The molecule has 0 aliphatic carbocycles. The molecule has 18 heavy (non-hydrogen) atoms. The van der Waals surface area contributed by atoms with Crippen molar-refractivity contribution in [1.29, 1.82) is 0 Å². The van der Waals surface area contributed by atoms with E-state index in [0.29, 0.717) is 0 Å². The third kappa shape index (κ3) is 3.01. The molecule has 0 aliphatic heterocycles. The maximum atomic E-state index is 12.0. The molecule has 0 bridgehead atoms. The van der Waals surface area contributed by atoms with E-state index in [9.17, 15) is 13.2 Å². The number of aromatic nitrogens is 2. The Hall–Kier alpha value is -1.56. The van der Waals surface area contributed by atoms with Gasteiger partial charge >= 0.3 is 6.18 Å². The number of hydrogen-bond donors (Lipinski definition) is 1. The molecule has 1 heterocycles. The Morgan fingerprint density at radius 1 is 1.33 bits per heavy atom. The first-order chi connectivity index (χ1) is 8.47. The standard InChI is InChI=1S/C12H14F3N3/c1-9(6-16-8-12(13,14)15)18-11-5-3-2-4-10(11)7-17-18/h2-5,7,9,16H,6,8H2,1H3. The maximum absolute atomic E-state index is 12.0. The van der Waals surface area contributed by atoms with Crippen LogP contribution in [-0.4, -0.2) is 29.0 Å². The van der Waals surface area contributed by atoms with Gasteiger partial charge in [0.2, 0.25) is 0 Å². The van der Waals surface area contributed by atoms with E-state index in [1.165, 1.54) is 0 Å². The third-order valence-corrected chi connectivity index (χ3v) is 2.69. The molecule has 0 spiro atoms. The normalized spacial score (nSPS) is 14.0. The first kappa shape index (κ1) is 12.9. The number of rotatable bonds is 4. The Balaban J connectivity index is 2.03. The molecule has 0 amide bonds. The van der Waals surface area contributed by atoms with E-state index in [1.807, 2.05) is 31.2 Å². The monoisotopic (exact) mass is 257 g/mol. The zero-order valence-electron chi connectivity index (χ0n) is 9.91. The van der Waals surface area contributed by atoms with E-state index in [-0.39, 0.29) is 12.6 Å². The zero-order valence-corrected chi connectivity index (χ0v) is 9.91. The summed E-state index contributed by atoms with van der Waals surface area (Å²) in [6.45, 7) is 1.09. The van der Waals surface area contributed by atoms with E-state index >= 15 is 0 Å². The molecule has 0 saturated carbocycles. The van der Waals surface area contributed by atoms with E-state index in [4.69, 9.17) is 0 Å². The van der Waals surface area contributed by atoms with Crippen molar-refractivity contribution in [3.63, 3.8) is 0 Å². The molecule has 3 nitrogen and oxygen atoms in total. The van der Waals surface area contributed by atoms with Crippen molar-refractivity contribution in [2.75, 3.05) is 13.1 Å². The van der Waals surface area contributed by atoms with Crippen LogP contribution in [0.5, 0.6) is 0 Å². The summed E-state index contributed by atoms with van der Waals surface area (Å²) in [4.78, 5) is 0. The fraction of sp³-hybridized carbons (Fsp3) is 0.417. The number of fused-ring (bicyclic) bond motifs is 1. The van der Waals surface area contributed by atoms with Gasteiger partial charge in [0.05, 0.1) is 24.3 Å². The summed E-state index contributed by atoms with van der Waals surface area (Å²) in [5.41, 5.74) is 0.929. The first-order valence-corrected chi connectivity index (χ1v) is 5.67. The Labute approximate surface area is 103 Å². The first-order valence-electron chi connectivity index (χ1n) is 5.67. The van der Waals surface area contributed by atoms with Gasteiger partial charge in [-0.15, -0.1) is 0 Å². The van der Waals surface area contributed by atoms with Crippen LogP contribution in [0.1, 0.15) is 13.0 Å². The van der Waals surface area contributed by atoms with Crippen molar-refractivity contribution in [1.82, 2.24) is 15.1 Å². The van der Waals surface area contributed by atoms with Crippen molar-refractivity contribution in [2.45, 2.75) is 19.1 Å². The molecule has 98 valence electrons. The summed E-state index contributed by atoms with van der Waals surface area (Å²) >= 11 is 0. The van der Waals surface area contributed by atoms with Gasteiger partial charge in [-0.2, -0.15) is 18.3 Å². The van der Waals surface area contributed by atoms with E-state index < -0.39 is 12.7 Å². The van der Waals surface area contributed by atoms with Crippen LogP contribution >= 0.6 is 0 Å². The van der Waals surface area contributed by atoms with Crippen molar-refractivity contribution in [3.8, 4) is 0 Å². The van der Waals surface area contributed by atoms with Crippen molar-refractivity contribution < 1.29 is 13.2 Å². The average molecular weight is 257 g/mol. The van der Waals surface area contributed by atoms with Gasteiger partial charge in [0.1, 0.15) is 0 Å². The van der Waals surface area contributed by atoms with Gasteiger partial charge in [0, 0.05) is 11.9 Å². The van der Waals surface area contributed by atoms with Crippen molar-refractivity contribution >= 4 is 10.9 Å². The number of benzene rings is 1. The highest BCUT2D eigenvalue weighted by atomic mass is 19.4. The Morgan fingerprint density at radius 3 is 2.78 bits per heavy atom. The highest BCUT2D eigenvalue weighted by Crippen LogP contribution is 2.17. The lowest BCUT2D eigenvalue weighted by Gasteiger charge is -2.15. The van der Waals surface area contributed by atoms with Gasteiger partial charge in [-0.1, -0.05) is 18.2 Å². The second-order valence-corrected chi connectivity index (χ2v) is 4.24. The predicted molar refractivity (Wildman–Crippen MR) is 63.4 cm³/mol. The number of halogens is 3. The average Bonchev–Trinajstić information content (AvgIpc) is 2.70. The van der Waals surface area contributed by atoms with Gasteiger partial charge in [-0.3, -0.25) is 4.68 Å².